The lowest BCUT2D eigenvalue weighted by Crippen LogP contribution is -2.37. The predicted molar refractivity (Wildman–Crippen MR) is 85.0 cm³/mol. The molecular formula is C15H18N2O5S. The molecule has 0 aliphatic carbocycles. The number of benzene rings is 1. The van der Waals surface area contributed by atoms with Crippen molar-refractivity contribution in [3.05, 3.63) is 34.3 Å². The monoisotopic (exact) mass is 338 g/mol. The molecule has 1 aliphatic rings. The molecule has 1 aromatic carbocycles. The van der Waals surface area contributed by atoms with E-state index >= 15 is 0 Å². The second-order valence-electron chi connectivity index (χ2n) is 5.91. The van der Waals surface area contributed by atoms with Crippen LogP contribution in [-0.2, 0) is 21.1 Å². The Morgan fingerprint density at radius 3 is 2.91 bits per heavy atom. The van der Waals surface area contributed by atoms with E-state index in [0.29, 0.717) is 30.4 Å². The van der Waals surface area contributed by atoms with E-state index in [9.17, 15) is 18.0 Å². The number of amides is 1. The summed E-state index contributed by atoms with van der Waals surface area (Å²) in [6, 6.07) is 5.07. The van der Waals surface area contributed by atoms with Gasteiger partial charge in [-0.3, -0.25) is 9.78 Å². The van der Waals surface area contributed by atoms with Crippen molar-refractivity contribution in [2.45, 2.75) is 25.3 Å². The minimum atomic E-state index is -3.00. The fourth-order valence-corrected chi connectivity index (χ4v) is 4.64. The molecule has 1 unspecified atom stereocenters. The van der Waals surface area contributed by atoms with Gasteiger partial charge in [0, 0.05) is 19.5 Å². The van der Waals surface area contributed by atoms with E-state index in [2.05, 4.69) is 4.98 Å². The molecule has 7 nitrogen and oxygen atoms in total. The highest BCUT2D eigenvalue weighted by molar-refractivity contribution is 7.91. The average molecular weight is 338 g/mol. The van der Waals surface area contributed by atoms with E-state index in [1.165, 1.54) is 0 Å². The molecule has 1 N–H and O–H groups in total. The number of nitrogens with zero attached hydrogens (tertiary/aromatic N) is 1. The van der Waals surface area contributed by atoms with Gasteiger partial charge in [0.2, 0.25) is 5.91 Å². The predicted octanol–water partition coefficient (Wildman–Crippen LogP) is 0.699. The average Bonchev–Trinajstić information content (AvgIpc) is 3.04. The third-order valence-electron chi connectivity index (χ3n) is 4.26. The molecule has 8 heteroatoms. The molecule has 23 heavy (non-hydrogen) atoms. The zero-order valence-corrected chi connectivity index (χ0v) is 13.6. The summed E-state index contributed by atoms with van der Waals surface area (Å²) in [5.74, 6) is -0.375. The van der Waals surface area contributed by atoms with Gasteiger partial charge in [-0.1, -0.05) is 6.07 Å². The summed E-state index contributed by atoms with van der Waals surface area (Å²) >= 11 is 0. The topological polar surface area (TPSA) is 100 Å². The van der Waals surface area contributed by atoms with Gasteiger partial charge in [0.05, 0.1) is 17.0 Å². The molecule has 1 fully saturated rings. The molecule has 2 heterocycles. The van der Waals surface area contributed by atoms with Crippen LogP contribution < -0.4 is 5.76 Å². The molecule has 3 rings (SSSR count). The maximum Gasteiger partial charge on any atom is 0.417 e. The number of carbonyl (C=O) groups is 1. The van der Waals surface area contributed by atoms with Crippen molar-refractivity contribution in [2.75, 3.05) is 18.6 Å². The first-order chi connectivity index (χ1) is 10.8. The second kappa shape index (κ2) is 5.84. The van der Waals surface area contributed by atoms with E-state index in [4.69, 9.17) is 4.42 Å². The Kier molecular flexibility index (Phi) is 4.01. The number of oxazole rings is 1. The van der Waals surface area contributed by atoms with Crippen LogP contribution in [0.1, 0.15) is 18.4 Å². The third-order valence-corrected chi connectivity index (χ3v) is 6.01. The summed E-state index contributed by atoms with van der Waals surface area (Å²) in [5, 5.41) is 0. The Morgan fingerprint density at radius 2 is 2.22 bits per heavy atom. The number of hydrogen-bond acceptors (Lipinski definition) is 5. The summed E-state index contributed by atoms with van der Waals surface area (Å²) in [5.41, 5.74) is 2.00. The van der Waals surface area contributed by atoms with Crippen molar-refractivity contribution in [1.29, 1.82) is 0 Å². The lowest BCUT2D eigenvalue weighted by molar-refractivity contribution is -0.131. The van der Waals surface area contributed by atoms with Gasteiger partial charge in [0.25, 0.3) is 0 Å². The van der Waals surface area contributed by atoms with Gasteiger partial charge >= 0.3 is 5.76 Å². The molecule has 0 radical (unpaired) electrons. The first-order valence-corrected chi connectivity index (χ1v) is 9.24. The summed E-state index contributed by atoms with van der Waals surface area (Å²) in [7, 11) is -1.34. The zero-order valence-electron chi connectivity index (χ0n) is 12.7. The highest BCUT2D eigenvalue weighted by Crippen LogP contribution is 2.18. The highest BCUT2D eigenvalue weighted by atomic mass is 32.2. The molecule has 0 spiro atoms. The third kappa shape index (κ3) is 3.47. The number of fused-ring (bicyclic) bond motifs is 1. The van der Waals surface area contributed by atoms with Gasteiger partial charge in [-0.25, -0.2) is 13.2 Å². The van der Waals surface area contributed by atoms with Gasteiger partial charge in [-0.2, -0.15) is 0 Å². The SMILES string of the molecule is CN(C(=O)CCc1ccc2oc(=O)[nH]c2c1)C1CCS(=O)(=O)C1. The number of hydrogen-bond donors (Lipinski definition) is 1. The quantitative estimate of drug-likeness (QED) is 0.884. The van der Waals surface area contributed by atoms with Gasteiger partial charge in [-0.15, -0.1) is 0 Å². The Hall–Kier alpha value is -2.09. The number of aromatic amines is 1. The normalized spacial score (nSPS) is 20.0. The van der Waals surface area contributed by atoms with Crippen molar-refractivity contribution < 1.29 is 17.6 Å². The standard InChI is InChI=1S/C15H18N2O5S/c1-17(11-6-7-23(20,21)9-11)14(18)5-3-10-2-4-13-12(8-10)16-15(19)22-13/h2,4,8,11H,3,5-7,9H2,1H3,(H,16,19). The van der Waals surface area contributed by atoms with Crippen molar-refractivity contribution >= 4 is 26.8 Å². The van der Waals surface area contributed by atoms with Crippen LogP contribution in [0.2, 0.25) is 0 Å². The van der Waals surface area contributed by atoms with Crippen LogP contribution in [0.3, 0.4) is 0 Å². The molecule has 1 saturated heterocycles. The minimum Gasteiger partial charge on any atom is -0.408 e. The number of aryl methyl sites for hydroxylation is 1. The second-order valence-corrected chi connectivity index (χ2v) is 8.14. The summed E-state index contributed by atoms with van der Waals surface area (Å²) in [6.45, 7) is 0. The smallest absolute Gasteiger partial charge is 0.408 e. The van der Waals surface area contributed by atoms with Gasteiger partial charge < -0.3 is 9.32 Å². The van der Waals surface area contributed by atoms with Gasteiger partial charge in [0.1, 0.15) is 0 Å². The fraction of sp³-hybridized carbons (Fsp3) is 0.467. The summed E-state index contributed by atoms with van der Waals surface area (Å²) in [6.07, 6.45) is 1.32. The van der Waals surface area contributed by atoms with Crippen molar-refractivity contribution in [1.82, 2.24) is 9.88 Å². The first-order valence-electron chi connectivity index (χ1n) is 7.42. The molecule has 1 aromatic heterocycles. The maximum atomic E-state index is 12.2. The number of nitrogens with one attached hydrogen (secondary N) is 1. The van der Waals surface area contributed by atoms with Crippen molar-refractivity contribution in [3.63, 3.8) is 0 Å². The first kappa shape index (κ1) is 15.8. The van der Waals surface area contributed by atoms with Crippen molar-refractivity contribution in [3.8, 4) is 0 Å². The van der Waals surface area contributed by atoms with Crippen LogP contribution in [0, 0.1) is 0 Å². The molecule has 1 aliphatic heterocycles. The summed E-state index contributed by atoms with van der Waals surface area (Å²) in [4.78, 5) is 27.5. The van der Waals surface area contributed by atoms with Crippen LogP contribution in [0.25, 0.3) is 11.1 Å². The highest BCUT2D eigenvalue weighted by Gasteiger charge is 2.32. The number of sulfone groups is 1. The zero-order chi connectivity index (χ0) is 16.6. The molecule has 1 amide bonds. The number of carbonyl (C=O) groups excluding carboxylic acids is 1. The minimum absolute atomic E-state index is 0.0530. The summed E-state index contributed by atoms with van der Waals surface area (Å²) < 4.78 is 27.9. The van der Waals surface area contributed by atoms with Crippen LogP contribution in [0.15, 0.2) is 27.4 Å². The molecular weight excluding hydrogens is 320 g/mol. The van der Waals surface area contributed by atoms with E-state index < -0.39 is 15.6 Å². The van der Waals surface area contributed by atoms with E-state index in [1.54, 1.807) is 24.1 Å². The molecule has 2 aromatic rings. The lowest BCUT2D eigenvalue weighted by atomic mass is 10.1. The van der Waals surface area contributed by atoms with Crippen LogP contribution in [0.4, 0.5) is 0 Å². The number of H-pyrrole nitrogens is 1. The van der Waals surface area contributed by atoms with Gasteiger partial charge in [-0.05, 0) is 30.5 Å². The van der Waals surface area contributed by atoms with Gasteiger partial charge in [0.15, 0.2) is 15.4 Å². The van der Waals surface area contributed by atoms with E-state index in [-0.39, 0.29) is 23.5 Å². The van der Waals surface area contributed by atoms with Crippen LogP contribution >= 0.6 is 0 Å². The lowest BCUT2D eigenvalue weighted by Gasteiger charge is -2.23. The molecule has 124 valence electrons. The molecule has 1 atom stereocenters. The molecule has 0 bridgehead atoms. The van der Waals surface area contributed by atoms with Crippen molar-refractivity contribution in [2.24, 2.45) is 0 Å². The maximum absolute atomic E-state index is 12.2. The van der Waals surface area contributed by atoms with Crippen LogP contribution in [-0.4, -0.2) is 48.8 Å². The van der Waals surface area contributed by atoms with E-state index in [1.807, 2.05) is 6.07 Å². The number of aromatic nitrogens is 1. The number of rotatable bonds is 4. The fourth-order valence-electron chi connectivity index (χ4n) is 2.87. The Labute approximate surface area is 133 Å². The Bertz CT molecular complexity index is 896. The molecule has 0 saturated carbocycles. The van der Waals surface area contributed by atoms with E-state index in [0.717, 1.165) is 5.56 Å². The Balaban J connectivity index is 1.62. The largest absolute Gasteiger partial charge is 0.417 e. The van der Waals surface area contributed by atoms with Crippen LogP contribution in [0.5, 0.6) is 0 Å². The Morgan fingerprint density at radius 1 is 1.43 bits per heavy atom.